The second kappa shape index (κ2) is 9.32. The maximum Gasteiger partial charge on any atom is 0.257 e. The Morgan fingerprint density at radius 2 is 1.64 bits per heavy atom. The summed E-state index contributed by atoms with van der Waals surface area (Å²) in [6.45, 7) is 2.05. The highest BCUT2D eigenvalue weighted by molar-refractivity contribution is 5.84. The number of aryl methyl sites for hydroxylation is 2. The third-order valence-electron chi connectivity index (χ3n) is 3.65. The molecule has 0 saturated heterocycles. The number of hydrogen-bond donors (Lipinski definition) is 3. The summed E-state index contributed by atoms with van der Waals surface area (Å²) in [4.78, 5) is 23.6. The van der Waals surface area contributed by atoms with Crippen LogP contribution in [0.4, 0.5) is 5.69 Å². The van der Waals surface area contributed by atoms with Gasteiger partial charge in [0.25, 0.3) is 5.91 Å². The molecule has 0 saturated carbocycles. The molecule has 0 aromatic heterocycles. The molecular weight excluding hydrogens is 318 g/mol. The number of para-hydroxylation sites is 2. The largest absolute Gasteiger partial charge is 0.495 e. The van der Waals surface area contributed by atoms with Crippen molar-refractivity contribution in [1.29, 1.82) is 0 Å². The lowest BCUT2D eigenvalue weighted by molar-refractivity contribution is -0.128. The van der Waals surface area contributed by atoms with E-state index in [1.54, 1.807) is 13.2 Å². The Hall–Kier alpha value is -3.02. The molecule has 0 spiro atoms. The van der Waals surface area contributed by atoms with Gasteiger partial charge in [-0.1, -0.05) is 42.0 Å². The minimum absolute atomic E-state index is 0.0264. The average Bonchev–Trinajstić information content (AvgIpc) is 2.64. The van der Waals surface area contributed by atoms with Gasteiger partial charge in [-0.05, 0) is 31.0 Å². The van der Waals surface area contributed by atoms with Gasteiger partial charge in [-0.3, -0.25) is 20.4 Å². The molecule has 0 radical (unpaired) electrons. The van der Waals surface area contributed by atoms with Crippen molar-refractivity contribution in [2.45, 2.75) is 19.8 Å². The summed E-state index contributed by atoms with van der Waals surface area (Å²) in [7, 11) is 1.56. The van der Waals surface area contributed by atoms with Gasteiger partial charge in [-0.2, -0.15) is 0 Å². The molecule has 0 fully saturated rings. The van der Waals surface area contributed by atoms with Gasteiger partial charge in [0, 0.05) is 6.42 Å². The van der Waals surface area contributed by atoms with E-state index in [0.717, 1.165) is 5.56 Å². The molecule has 0 aliphatic heterocycles. The molecule has 0 bridgehead atoms. The Morgan fingerprint density at radius 3 is 2.36 bits per heavy atom. The van der Waals surface area contributed by atoms with Gasteiger partial charge in [0.15, 0.2) is 0 Å². The van der Waals surface area contributed by atoms with E-state index in [2.05, 4.69) is 16.2 Å². The summed E-state index contributed by atoms with van der Waals surface area (Å²) >= 11 is 0. The van der Waals surface area contributed by atoms with Gasteiger partial charge in [0.2, 0.25) is 5.91 Å². The summed E-state index contributed by atoms with van der Waals surface area (Å²) < 4.78 is 5.19. The second-order valence-electron chi connectivity index (χ2n) is 5.64. The zero-order chi connectivity index (χ0) is 18.1. The molecule has 0 atom stereocenters. The molecule has 3 N–H and O–H groups in total. The van der Waals surface area contributed by atoms with E-state index in [0.29, 0.717) is 24.3 Å². The van der Waals surface area contributed by atoms with Crippen LogP contribution in [0.5, 0.6) is 5.75 Å². The third-order valence-corrected chi connectivity index (χ3v) is 3.65. The number of benzene rings is 2. The first-order chi connectivity index (χ1) is 12.1. The maximum absolute atomic E-state index is 11.8. The van der Waals surface area contributed by atoms with Crippen LogP contribution in [0.2, 0.25) is 0 Å². The highest BCUT2D eigenvalue weighted by Crippen LogP contribution is 2.22. The molecule has 0 aliphatic carbocycles. The summed E-state index contributed by atoms with van der Waals surface area (Å²) in [6, 6.07) is 15.3. The lowest BCUT2D eigenvalue weighted by Crippen LogP contribution is -2.44. The quantitative estimate of drug-likeness (QED) is 0.675. The van der Waals surface area contributed by atoms with Gasteiger partial charge in [-0.15, -0.1) is 0 Å². The fourth-order valence-electron chi connectivity index (χ4n) is 2.22. The Morgan fingerprint density at radius 1 is 0.960 bits per heavy atom. The predicted molar refractivity (Wildman–Crippen MR) is 97.3 cm³/mol. The zero-order valence-electron chi connectivity index (χ0n) is 14.5. The zero-order valence-corrected chi connectivity index (χ0v) is 14.5. The van der Waals surface area contributed by atoms with Crippen LogP contribution in [0, 0.1) is 6.92 Å². The van der Waals surface area contributed by atoms with E-state index in [-0.39, 0.29) is 18.4 Å². The van der Waals surface area contributed by atoms with Crippen LogP contribution in [0.1, 0.15) is 17.5 Å². The Bertz CT molecular complexity index is 714. The van der Waals surface area contributed by atoms with Gasteiger partial charge >= 0.3 is 0 Å². The van der Waals surface area contributed by atoms with Crippen LogP contribution in [-0.2, 0) is 16.0 Å². The smallest absolute Gasteiger partial charge is 0.257 e. The normalized spacial score (nSPS) is 10.0. The van der Waals surface area contributed by atoms with Crippen LogP contribution in [0.25, 0.3) is 0 Å². The third kappa shape index (κ3) is 6.18. The lowest BCUT2D eigenvalue weighted by Gasteiger charge is -2.11. The molecule has 132 valence electrons. The molecule has 6 nitrogen and oxygen atoms in total. The van der Waals surface area contributed by atoms with E-state index >= 15 is 0 Å². The van der Waals surface area contributed by atoms with Gasteiger partial charge < -0.3 is 10.1 Å². The molecular formula is C19H23N3O3. The number of hydrogen-bond acceptors (Lipinski definition) is 4. The van der Waals surface area contributed by atoms with Crippen molar-refractivity contribution in [1.82, 2.24) is 10.9 Å². The van der Waals surface area contributed by atoms with E-state index in [1.807, 2.05) is 49.4 Å². The highest BCUT2D eigenvalue weighted by atomic mass is 16.5. The number of nitrogens with one attached hydrogen (secondary N) is 3. The Kier molecular flexibility index (Phi) is 6.83. The van der Waals surface area contributed by atoms with Crippen LogP contribution in [-0.4, -0.2) is 25.5 Å². The number of carbonyl (C=O) groups is 2. The second-order valence-corrected chi connectivity index (χ2v) is 5.64. The number of rotatable bonds is 7. The highest BCUT2D eigenvalue weighted by Gasteiger charge is 2.07. The predicted octanol–water partition coefficient (Wildman–Crippen LogP) is 2.20. The van der Waals surface area contributed by atoms with Crippen molar-refractivity contribution in [3.63, 3.8) is 0 Å². The van der Waals surface area contributed by atoms with E-state index < -0.39 is 0 Å². The number of anilines is 1. The van der Waals surface area contributed by atoms with Crippen molar-refractivity contribution in [2.75, 3.05) is 19.0 Å². The molecule has 25 heavy (non-hydrogen) atoms. The van der Waals surface area contributed by atoms with Gasteiger partial charge in [-0.25, -0.2) is 0 Å². The molecule has 0 heterocycles. The van der Waals surface area contributed by atoms with E-state index in [4.69, 9.17) is 4.74 Å². The molecule has 2 aromatic carbocycles. The van der Waals surface area contributed by atoms with Crippen LogP contribution >= 0.6 is 0 Å². The number of hydrazine groups is 1. The first-order valence-electron chi connectivity index (χ1n) is 8.08. The van der Waals surface area contributed by atoms with Crippen LogP contribution in [0.3, 0.4) is 0 Å². The average molecular weight is 341 g/mol. The number of ether oxygens (including phenoxy) is 1. The van der Waals surface area contributed by atoms with Crippen molar-refractivity contribution < 1.29 is 14.3 Å². The number of methoxy groups -OCH3 is 1. The summed E-state index contributed by atoms with van der Waals surface area (Å²) in [6.07, 6.45) is 0.935. The van der Waals surface area contributed by atoms with Gasteiger partial charge in [0.1, 0.15) is 5.75 Å². The minimum atomic E-state index is -0.338. The SMILES string of the molecule is COc1ccccc1NCC(=O)NNC(=O)CCc1ccc(C)cc1. The Balaban J connectivity index is 1.68. The monoisotopic (exact) mass is 341 g/mol. The molecule has 2 rings (SSSR count). The maximum atomic E-state index is 11.8. The molecule has 0 aliphatic rings. The first-order valence-corrected chi connectivity index (χ1v) is 8.08. The van der Waals surface area contributed by atoms with Crippen molar-refractivity contribution >= 4 is 17.5 Å². The van der Waals surface area contributed by atoms with Crippen LogP contribution in [0.15, 0.2) is 48.5 Å². The van der Waals surface area contributed by atoms with E-state index in [1.165, 1.54) is 5.56 Å². The Labute approximate surface area is 147 Å². The first kappa shape index (κ1) is 18.3. The van der Waals surface area contributed by atoms with Crippen molar-refractivity contribution in [2.24, 2.45) is 0 Å². The fraction of sp³-hybridized carbons (Fsp3) is 0.263. The fourth-order valence-corrected chi connectivity index (χ4v) is 2.22. The molecule has 2 aromatic rings. The van der Waals surface area contributed by atoms with Crippen molar-refractivity contribution in [3.8, 4) is 5.75 Å². The van der Waals surface area contributed by atoms with Crippen LogP contribution < -0.4 is 20.9 Å². The number of amides is 2. The standard InChI is InChI=1S/C19H23N3O3/c1-14-7-9-15(10-8-14)11-12-18(23)21-22-19(24)13-20-16-5-3-4-6-17(16)25-2/h3-10,20H,11-13H2,1-2H3,(H,21,23)(H,22,24). The minimum Gasteiger partial charge on any atom is -0.495 e. The summed E-state index contributed by atoms with van der Waals surface area (Å²) in [5, 5.41) is 2.96. The molecule has 0 unspecified atom stereocenters. The summed E-state index contributed by atoms with van der Waals surface area (Å²) in [5.74, 6) is 0.0817. The molecule has 6 heteroatoms. The lowest BCUT2D eigenvalue weighted by atomic mass is 10.1. The summed E-state index contributed by atoms with van der Waals surface area (Å²) in [5.41, 5.74) is 7.80. The molecule has 2 amide bonds. The van der Waals surface area contributed by atoms with Crippen molar-refractivity contribution in [3.05, 3.63) is 59.7 Å². The van der Waals surface area contributed by atoms with E-state index in [9.17, 15) is 9.59 Å². The topological polar surface area (TPSA) is 79.5 Å². The number of carbonyl (C=O) groups excluding carboxylic acids is 2. The van der Waals surface area contributed by atoms with Gasteiger partial charge in [0.05, 0.1) is 19.3 Å².